The van der Waals surface area contributed by atoms with Gasteiger partial charge in [-0.1, -0.05) is 33.6 Å². The van der Waals surface area contributed by atoms with E-state index in [1.54, 1.807) is 6.92 Å². The highest BCUT2D eigenvalue weighted by Gasteiger charge is 2.06. The number of rotatable bonds is 6. The summed E-state index contributed by atoms with van der Waals surface area (Å²) in [5.41, 5.74) is 0. The van der Waals surface area contributed by atoms with E-state index in [0.717, 1.165) is 24.7 Å². The van der Waals surface area contributed by atoms with Crippen molar-refractivity contribution in [1.29, 1.82) is 0 Å². The summed E-state index contributed by atoms with van der Waals surface area (Å²) >= 11 is 0. The van der Waals surface area contributed by atoms with Gasteiger partial charge in [-0.25, -0.2) is 0 Å². The molecule has 0 N–H and O–H groups in total. The first-order chi connectivity index (χ1) is 5.54. The number of carbonyl (C=O) groups excluding carboxylic acids is 1. The molecule has 1 heteroatoms. The highest BCUT2D eigenvalue weighted by molar-refractivity contribution is 5.75. The molecule has 1 atom stereocenters. The van der Waals surface area contributed by atoms with E-state index in [9.17, 15) is 4.79 Å². The molecule has 0 aliphatic heterocycles. The minimum Gasteiger partial charge on any atom is -0.300 e. The zero-order valence-electron chi connectivity index (χ0n) is 8.89. The molecule has 0 rings (SSSR count). The Kier molecular flexibility index (Phi) is 6.04. The molecule has 0 saturated heterocycles. The monoisotopic (exact) mass is 170 g/mol. The smallest absolute Gasteiger partial charge is 0.129 e. The highest BCUT2D eigenvalue weighted by Crippen LogP contribution is 2.17. The molecular weight excluding hydrogens is 148 g/mol. The van der Waals surface area contributed by atoms with Crippen LogP contribution < -0.4 is 0 Å². The van der Waals surface area contributed by atoms with Crippen molar-refractivity contribution < 1.29 is 4.79 Å². The molecule has 0 aromatic rings. The molecule has 0 fully saturated rings. The van der Waals surface area contributed by atoms with Gasteiger partial charge in [-0.3, -0.25) is 0 Å². The van der Waals surface area contributed by atoms with Crippen molar-refractivity contribution >= 4 is 5.78 Å². The molecule has 0 heterocycles. The third-order valence-corrected chi connectivity index (χ3v) is 2.58. The van der Waals surface area contributed by atoms with E-state index in [4.69, 9.17) is 0 Å². The SMILES string of the molecule is CC(=O)CCCCC(C)C(C)C. The van der Waals surface area contributed by atoms with E-state index in [1.165, 1.54) is 12.8 Å². The fraction of sp³-hybridized carbons (Fsp3) is 0.909. The summed E-state index contributed by atoms with van der Waals surface area (Å²) in [6.07, 6.45) is 4.32. The Hall–Kier alpha value is -0.330. The number of ketones is 1. The summed E-state index contributed by atoms with van der Waals surface area (Å²) in [6.45, 7) is 8.48. The lowest BCUT2D eigenvalue weighted by Crippen LogP contribution is -2.03. The van der Waals surface area contributed by atoms with Gasteiger partial charge in [0.05, 0.1) is 0 Å². The summed E-state index contributed by atoms with van der Waals surface area (Å²) in [5, 5.41) is 0. The number of hydrogen-bond acceptors (Lipinski definition) is 1. The van der Waals surface area contributed by atoms with E-state index < -0.39 is 0 Å². The fourth-order valence-corrected chi connectivity index (χ4v) is 1.17. The average Bonchev–Trinajstić information content (AvgIpc) is 1.97. The summed E-state index contributed by atoms with van der Waals surface area (Å²) in [7, 11) is 0. The zero-order chi connectivity index (χ0) is 9.56. The lowest BCUT2D eigenvalue weighted by Gasteiger charge is -2.14. The van der Waals surface area contributed by atoms with Crippen LogP contribution in [0.1, 0.15) is 53.4 Å². The number of hydrogen-bond donors (Lipinski definition) is 0. The number of carbonyl (C=O) groups is 1. The van der Waals surface area contributed by atoms with Crippen molar-refractivity contribution in [3.05, 3.63) is 0 Å². The van der Waals surface area contributed by atoms with Gasteiger partial charge in [-0.05, 0) is 25.2 Å². The summed E-state index contributed by atoms with van der Waals surface area (Å²) in [6, 6.07) is 0. The van der Waals surface area contributed by atoms with Crippen LogP contribution >= 0.6 is 0 Å². The molecule has 12 heavy (non-hydrogen) atoms. The Morgan fingerprint density at radius 2 is 1.75 bits per heavy atom. The molecule has 1 unspecified atom stereocenters. The first-order valence-corrected chi connectivity index (χ1v) is 5.03. The van der Waals surface area contributed by atoms with Crippen LogP contribution in [0, 0.1) is 11.8 Å². The van der Waals surface area contributed by atoms with Gasteiger partial charge in [0, 0.05) is 6.42 Å². The van der Waals surface area contributed by atoms with Crippen LogP contribution in [0.25, 0.3) is 0 Å². The molecule has 0 aliphatic rings. The van der Waals surface area contributed by atoms with Gasteiger partial charge >= 0.3 is 0 Å². The molecule has 0 aromatic heterocycles. The van der Waals surface area contributed by atoms with E-state index in [-0.39, 0.29) is 0 Å². The van der Waals surface area contributed by atoms with Gasteiger partial charge in [0.2, 0.25) is 0 Å². The first kappa shape index (κ1) is 11.7. The lowest BCUT2D eigenvalue weighted by atomic mass is 9.92. The predicted molar refractivity (Wildman–Crippen MR) is 53.2 cm³/mol. The standard InChI is InChI=1S/C11H22O/c1-9(2)10(3)7-5-6-8-11(4)12/h9-10H,5-8H2,1-4H3. The van der Waals surface area contributed by atoms with Crippen molar-refractivity contribution in [2.24, 2.45) is 11.8 Å². The van der Waals surface area contributed by atoms with Crippen molar-refractivity contribution in [3.8, 4) is 0 Å². The number of unbranched alkanes of at least 4 members (excludes halogenated alkanes) is 1. The first-order valence-electron chi connectivity index (χ1n) is 5.03. The van der Waals surface area contributed by atoms with Crippen LogP contribution in [-0.2, 0) is 4.79 Å². The second kappa shape index (κ2) is 6.22. The Morgan fingerprint density at radius 3 is 2.17 bits per heavy atom. The number of Topliss-reactive ketones (excluding diaryl/α,β-unsaturated/α-hetero) is 1. The molecule has 0 spiro atoms. The Morgan fingerprint density at radius 1 is 1.17 bits per heavy atom. The largest absolute Gasteiger partial charge is 0.300 e. The third kappa shape index (κ3) is 6.38. The molecule has 1 nitrogen and oxygen atoms in total. The second-order valence-electron chi connectivity index (χ2n) is 4.17. The van der Waals surface area contributed by atoms with E-state index in [0.29, 0.717) is 5.78 Å². The van der Waals surface area contributed by atoms with Crippen LogP contribution in [-0.4, -0.2) is 5.78 Å². The Bertz CT molecular complexity index is 127. The van der Waals surface area contributed by atoms with Crippen LogP contribution in [0.4, 0.5) is 0 Å². The minimum absolute atomic E-state index is 0.326. The predicted octanol–water partition coefficient (Wildman–Crippen LogP) is 3.43. The Labute approximate surface area is 76.6 Å². The molecule has 72 valence electrons. The van der Waals surface area contributed by atoms with Gasteiger partial charge in [-0.2, -0.15) is 0 Å². The van der Waals surface area contributed by atoms with Crippen LogP contribution in [0.5, 0.6) is 0 Å². The van der Waals surface area contributed by atoms with Gasteiger partial charge in [0.15, 0.2) is 0 Å². The van der Waals surface area contributed by atoms with Crippen molar-refractivity contribution in [2.45, 2.75) is 53.4 Å². The maximum atomic E-state index is 10.6. The molecule has 0 saturated carbocycles. The van der Waals surface area contributed by atoms with E-state index in [1.807, 2.05) is 0 Å². The lowest BCUT2D eigenvalue weighted by molar-refractivity contribution is -0.117. The van der Waals surface area contributed by atoms with E-state index >= 15 is 0 Å². The van der Waals surface area contributed by atoms with Gasteiger partial charge in [-0.15, -0.1) is 0 Å². The van der Waals surface area contributed by atoms with Crippen LogP contribution in [0.15, 0.2) is 0 Å². The van der Waals surface area contributed by atoms with Crippen molar-refractivity contribution in [2.75, 3.05) is 0 Å². The summed E-state index contributed by atoms with van der Waals surface area (Å²) < 4.78 is 0. The minimum atomic E-state index is 0.326. The normalized spacial score (nSPS) is 13.4. The molecule has 0 radical (unpaired) electrons. The summed E-state index contributed by atoms with van der Waals surface area (Å²) in [4.78, 5) is 10.6. The zero-order valence-corrected chi connectivity index (χ0v) is 8.89. The topological polar surface area (TPSA) is 17.1 Å². The van der Waals surface area contributed by atoms with E-state index in [2.05, 4.69) is 20.8 Å². The molecule has 0 aliphatic carbocycles. The molecule has 0 bridgehead atoms. The molecular formula is C11H22O. The van der Waals surface area contributed by atoms with Crippen molar-refractivity contribution in [3.63, 3.8) is 0 Å². The second-order valence-corrected chi connectivity index (χ2v) is 4.17. The van der Waals surface area contributed by atoms with Gasteiger partial charge in [0.25, 0.3) is 0 Å². The fourth-order valence-electron chi connectivity index (χ4n) is 1.17. The van der Waals surface area contributed by atoms with Gasteiger partial charge < -0.3 is 4.79 Å². The summed E-state index contributed by atoms with van der Waals surface area (Å²) in [5.74, 6) is 1.91. The van der Waals surface area contributed by atoms with Crippen LogP contribution in [0.2, 0.25) is 0 Å². The Balaban J connectivity index is 3.25. The molecule has 0 aromatic carbocycles. The maximum absolute atomic E-state index is 10.6. The molecule has 0 amide bonds. The average molecular weight is 170 g/mol. The van der Waals surface area contributed by atoms with Gasteiger partial charge in [0.1, 0.15) is 5.78 Å². The quantitative estimate of drug-likeness (QED) is 0.558. The highest BCUT2D eigenvalue weighted by atomic mass is 16.1. The third-order valence-electron chi connectivity index (χ3n) is 2.58. The van der Waals surface area contributed by atoms with Crippen molar-refractivity contribution in [1.82, 2.24) is 0 Å². The van der Waals surface area contributed by atoms with Crippen LogP contribution in [0.3, 0.4) is 0 Å². The maximum Gasteiger partial charge on any atom is 0.129 e.